The van der Waals surface area contributed by atoms with E-state index in [0.29, 0.717) is 0 Å². The maximum atomic E-state index is 13.1. The van der Waals surface area contributed by atoms with Gasteiger partial charge in [-0.15, -0.1) is 11.3 Å². The van der Waals surface area contributed by atoms with Crippen LogP contribution in [0.1, 0.15) is 5.69 Å². The standard InChI is InChI=1S/C20H19ClFN3S/c21-16-3-1-15(2-4-16)20-23-18(14-26-20)13-24-9-11-25(12-10-24)19-7-5-17(22)6-8-19/h1-8,14H,9-13H2. The van der Waals surface area contributed by atoms with Crippen molar-refractivity contribution >= 4 is 28.6 Å². The van der Waals surface area contributed by atoms with Crippen molar-refractivity contribution in [3.8, 4) is 10.6 Å². The van der Waals surface area contributed by atoms with E-state index in [1.165, 1.54) is 12.1 Å². The number of anilines is 1. The van der Waals surface area contributed by atoms with Crippen LogP contribution in [-0.4, -0.2) is 36.1 Å². The lowest BCUT2D eigenvalue weighted by Gasteiger charge is -2.35. The number of nitrogens with zero attached hydrogens (tertiary/aromatic N) is 3. The monoisotopic (exact) mass is 387 g/mol. The summed E-state index contributed by atoms with van der Waals surface area (Å²) in [5.74, 6) is -0.188. The van der Waals surface area contributed by atoms with Gasteiger partial charge in [-0.2, -0.15) is 0 Å². The number of rotatable bonds is 4. The molecule has 1 fully saturated rings. The quantitative estimate of drug-likeness (QED) is 0.633. The van der Waals surface area contributed by atoms with Crippen LogP contribution in [0.4, 0.5) is 10.1 Å². The molecule has 4 rings (SSSR count). The third kappa shape index (κ3) is 4.06. The highest BCUT2D eigenvalue weighted by atomic mass is 35.5. The number of hydrogen-bond acceptors (Lipinski definition) is 4. The third-order valence-corrected chi connectivity index (χ3v) is 5.78. The van der Waals surface area contributed by atoms with Crippen LogP contribution in [0.2, 0.25) is 5.02 Å². The summed E-state index contributed by atoms with van der Waals surface area (Å²) in [7, 11) is 0. The normalized spacial score (nSPS) is 15.4. The Kier molecular flexibility index (Phi) is 5.20. The summed E-state index contributed by atoms with van der Waals surface area (Å²) < 4.78 is 13.1. The van der Waals surface area contributed by atoms with Gasteiger partial charge in [0.1, 0.15) is 10.8 Å². The number of halogens is 2. The molecule has 0 atom stereocenters. The summed E-state index contributed by atoms with van der Waals surface area (Å²) in [5, 5.41) is 3.90. The van der Waals surface area contributed by atoms with Crippen LogP contribution >= 0.6 is 22.9 Å². The Morgan fingerprint density at radius 1 is 0.962 bits per heavy atom. The first kappa shape index (κ1) is 17.5. The van der Waals surface area contributed by atoms with E-state index in [4.69, 9.17) is 16.6 Å². The molecule has 0 N–H and O–H groups in total. The summed E-state index contributed by atoms with van der Waals surface area (Å²) in [5.41, 5.74) is 3.30. The Bertz CT molecular complexity index is 856. The molecule has 2 heterocycles. The number of thiazole rings is 1. The molecule has 2 aromatic carbocycles. The summed E-state index contributed by atoms with van der Waals surface area (Å²) in [4.78, 5) is 9.49. The van der Waals surface area contributed by atoms with Gasteiger partial charge in [0.05, 0.1) is 5.69 Å². The van der Waals surface area contributed by atoms with Crippen LogP contribution in [-0.2, 0) is 6.54 Å². The molecule has 1 aliphatic rings. The highest BCUT2D eigenvalue weighted by molar-refractivity contribution is 7.13. The van der Waals surface area contributed by atoms with E-state index in [1.807, 2.05) is 36.4 Å². The topological polar surface area (TPSA) is 19.4 Å². The molecule has 0 saturated carbocycles. The Labute approximate surface area is 161 Å². The fourth-order valence-electron chi connectivity index (χ4n) is 3.15. The highest BCUT2D eigenvalue weighted by Gasteiger charge is 2.18. The largest absolute Gasteiger partial charge is 0.369 e. The van der Waals surface area contributed by atoms with Crippen LogP contribution in [0.3, 0.4) is 0 Å². The van der Waals surface area contributed by atoms with Crippen molar-refractivity contribution in [1.82, 2.24) is 9.88 Å². The molecule has 6 heteroatoms. The second-order valence-electron chi connectivity index (χ2n) is 6.39. The molecule has 0 spiro atoms. The van der Waals surface area contributed by atoms with Gasteiger partial charge in [0.2, 0.25) is 0 Å². The van der Waals surface area contributed by atoms with Crippen molar-refractivity contribution in [2.75, 3.05) is 31.1 Å². The lowest BCUT2D eigenvalue weighted by molar-refractivity contribution is 0.247. The van der Waals surface area contributed by atoms with E-state index in [1.54, 1.807) is 11.3 Å². The molecule has 0 unspecified atom stereocenters. The van der Waals surface area contributed by atoms with Gasteiger partial charge in [0.15, 0.2) is 0 Å². The minimum atomic E-state index is -0.188. The smallest absolute Gasteiger partial charge is 0.123 e. The zero-order chi connectivity index (χ0) is 17.9. The van der Waals surface area contributed by atoms with E-state index in [-0.39, 0.29) is 5.82 Å². The Hall–Kier alpha value is -1.95. The lowest BCUT2D eigenvalue weighted by atomic mass is 10.2. The molecule has 3 nitrogen and oxygen atoms in total. The van der Waals surface area contributed by atoms with E-state index in [2.05, 4.69) is 15.2 Å². The van der Waals surface area contributed by atoms with Gasteiger partial charge in [-0.3, -0.25) is 4.90 Å². The Balaban J connectivity index is 1.34. The molecule has 1 saturated heterocycles. The molecule has 0 bridgehead atoms. The predicted molar refractivity (Wildman–Crippen MR) is 106 cm³/mol. The highest BCUT2D eigenvalue weighted by Crippen LogP contribution is 2.26. The molecule has 26 heavy (non-hydrogen) atoms. The number of piperazine rings is 1. The van der Waals surface area contributed by atoms with Crippen molar-refractivity contribution in [2.24, 2.45) is 0 Å². The average Bonchev–Trinajstić information content (AvgIpc) is 3.12. The number of aromatic nitrogens is 1. The van der Waals surface area contributed by atoms with Gasteiger partial charge in [0, 0.05) is 54.4 Å². The van der Waals surface area contributed by atoms with Gasteiger partial charge in [-0.1, -0.05) is 23.7 Å². The molecule has 0 amide bonds. The molecule has 1 aromatic heterocycles. The van der Waals surface area contributed by atoms with Crippen LogP contribution in [0.25, 0.3) is 10.6 Å². The second kappa shape index (κ2) is 7.74. The maximum absolute atomic E-state index is 13.1. The van der Waals surface area contributed by atoms with E-state index in [9.17, 15) is 4.39 Å². The van der Waals surface area contributed by atoms with Crippen LogP contribution in [0.15, 0.2) is 53.9 Å². The first-order chi connectivity index (χ1) is 12.7. The maximum Gasteiger partial charge on any atom is 0.123 e. The zero-order valence-electron chi connectivity index (χ0n) is 14.2. The molecular weight excluding hydrogens is 369 g/mol. The zero-order valence-corrected chi connectivity index (χ0v) is 15.8. The third-order valence-electron chi connectivity index (χ3n) is 4.59. The number of hydrogen-bond donors (Lipinski definition) is 0. The van der Waals surface area contributed by atoms with E-state index < -0.39 is 0 Å². The SMILES string of the molecule is Fc1ccc(N2CCN(Cc3csc(-c4ccc(Cl)cc4)n3)CC2)cc1. The minimum absolute atomic E-state index is 0.188. The molecular formula is C20H19ClFN3S. The molecule has 0 radical (unpaired) electrons. The van der Waals surface area contributed by atoms with Gasteiger partial charge in [0.25, 0.3) is 0 Å². The first-order valence-corrected chi connectivity index (χ1v) is 9.86. The molecule has 134 valence electrons. The van der Waals surface area contributed by atoms with E-state index in [0.717, 1.165) is 59.7 Å². The Morgan fingerprint density at radius 3 is 2.35 bits per heavy atom. The van der Waals surface area contributed by atoms with Crippen molar-refractivity contribution in [2.45, 2.75) is 6.54 Å². The van der Waals surface area contributed by atoms with Crippen LogP contribution in [0, 0.1) is 5.82 Å². The van der Waals surface area contributed by atoms with Crippen molar-refractivity contribution in [1.29, 1.82) is 0 Å². The van der Waals surface area contributed by atoms with Crippen molar-refractivity contribution in [3.05, 3.63) is 70.4 Å². The summed E-state index contributed by atoms with van der Waals surface area (Å²) in [6, 6.07) is 14.6. The average molecular weight is 388 g/mol. The van der Waals surface area contributed by atoms with Gasteiger partial charge >= 0.3 is 0 Å². The number of benzene rings is 2. The van der Waals surface area contributed by atoms with Gasteiger partial charge < -0.3 is 4.90 Å². The van der Waals surface area contributed by atoms with Gasteiger partial charge in [-0.25, -0.2) is 9.37 Å². The fraction of sp³-hybridized carbons (Fsp3) is 0.250. The fourth-order valence-corrected chi connectivity index (χ4v) is 4.09. The summed E-state index contributed by atoms with van der Waals surface area (Å²) in [6.45, 7) is 4.71. The minimum Gasteiger partial charge on any atom is -0.369 e. The second-order valence-corrected chi connectivity index (χ2v) is 7.69. The molecule has 1 aliphatic heterocycles. The first-order valence-electron chi connectivity index (χ1n) is 8.60. The van der Waals surface area contributed by atoms with Gasteiger partial charge in [-0.05, 0) is 36.4 Å². The van der Waals surface area contributed by atoms with Crippen molar-refractivity contribution in [3.63, 3.8) is 0 Å². The summed E-state index contributed by atoms with van der Waals surface area (Å²) >= 11 is 7.62. The molecule has 3 aromatic rings. The van der Waals surface area contributed by atoms with Crippen LogP contribution in [0.5, 0.6) is 0 Å². The summed E-state index contributed by atoms with van der Waals surface area (Å²) in [6.07, 6.45) is 0. The van der Waals surface area contributed by atoms with Crippen LogP contribution < -0.4 is 4.90 Å². The predicted octanol–water partition coefficient (Wildman–Crippen LogP) is 4.92. The molecule has 0 aliphatic carbocycles. The Morgan fingerprint density at radius 2 is 1.65 bits per heavy atom. The van der Waals surface area contributed by atoms with Crippen molar-refractivity contribution < 1.29 is 4.39 Å². The lowest BCUT2D eigenvalue weighted by Crippen LogP contribution is -2.46. The van der Waals surface area contributed by atoms with E-state index >= 15 is 0 Å².